The first-order valence-electron chi connectivity index (χ1n) is 8.15. The first kappa shape index (κ1) is 20.3. The number of alkyl halides is 3. The van der Waals surface area contributed by atoms with E-state index in [1.54, 1.807) is 37.3 Å². The zero-order chi connectivity index (χ0) is 19.9. The molecule has 27 heavy (non-hydrogen) atoms. The molecule has 1 amide bonds. The molecule has 1 N–H and O–H groups in total. The molecular weight excluding hydrogens is 363 g/mol. The minimum Gasteiger partial charge on any atom is -0.479 e. The highest BCUT2D eigenvalue weighted by Gasteiger charge is 2.30. The molecule has 144 valence electrons. The van der Waals surface area contributed by atoms with Crippen molar-refractivity contribution in [3.05, 3.63) is 60.2 Å². The molecule has 8 heteroatoms. The average Bonchev–Trinajstić information content (AvgIpc) is 2.64. The van der Waals surface area contributed by atoms with Crippen LogP contribution in [0.25, 0.3) is 0 Å². The molecule has 0 aromatic heterocycles. The number of rotatable bonds is 7. The van der Waals surface area contributed by atoms with Crippen molar-refractivity contribution in [3.63, 3.8) is 0 Å². The largest absolute Gasteiger partial charge is 0.479 e. The quantitative estimate of drug-likeness (QED) is 0.735. The first-order chi connectivity index (χ1) is 12.8. The maximum absolute atomic E-state index is 12.5. The Morgan fingerprint density at radius 1 is 1.04 bits per heavy atom. The monoisotopic (exact) mass is 381 g/mol. The van der Waals surface area contributed by atoms with Crippen LogP contribution in [0, 0.1) is 0 Å². The molecule has 0 unspecified atom stereocenters. The van der Waals surface area contributed by atoms with Crippen LogP contribution in [0.2, 0.25) is 0 Å². The van der Waals surface area contributed by atoms with Crippen molar-refractivity contribution in [1.29, 1.82) is 0 Å². The van der Waals surface area contributed by atoms with Crippen molar-refractivity contribution in [3.8, 4) is 5.75 Å². The standard InChI is InChI=1S/C19H18F3NO4/c1-2-16(27-15-6-4-3-5-7-15)18(25)26-12-17(24)23-14-10-8-13(9-11-14)19(20,21)22/h3-11,16H,2,12H2,1H3,(H,23,24)/t16-/m0/s1. The molecule has 1 atom stereocenters. The van der Waals surface area contributed by atoms with Crippen LogP contribution >= 0.6 is 0 Å². The van der Waals surface area contributed by atoms with Gasteiger partial charge in [-0.1, -0.05) is 25.1 Å². The Labute approximate surface area is 154 Å². The van der Waals surface area contributed by atoms with Gasteiger partial charge in [-0.05, 0) is 42.8 Å². The lowest BCUT2D eigenvalue weighted by Crippen LogP contribution is -2.31. The highest BCUT2D eigenvalue weighted by Crippen LogP contribution is 2.29. The van der Waals surface area contributed by atoms with Gasteiger partial charge in [0.1, 0.15) is 5.75 Å². The summed E-state index contributed by atoms with van der Waals surface area (Å²) in [6.45, 7) is 1.16. The van der Waals surface area contributed by atoms with Crippen LogP contribution in [0.5, 0.6) is 5.75 Å². The number of hydrogen-bond donors (Lipinski definition) is 1. The minimum atomic E-state index is -4.45. The van der Waals surface area contributed by atoms with E-state index in [0.717, 1.165) is 24.3 Å². The molecule has 0 heterocycles. The van der Waals surface area contributed by atoms with Gasteiger partial charge in [0.05, 0.1) is 5.56 Å². The second-order valence-electron chi connectivity index (χ2n) is 5.56. The smallest absolute Gasteiger partial charge is 0.416 e. The van der Waals surface area contributed by atoms with Gasteiger partial charge in [-0.25, -0.2) is 4.79 Å². The summed E-state index contributed by atoms with van der Waals surface area (Å²) in [5.41, 5.74) is -0.660. The number of hydrogen-bond acceptors (Lipinski definition) is 4. The summed E-state index contributed by atoms with van der Waals surface area (Å²) < 4.78 is 47.9. The van der Waals surface area contributed by atoms with E-state index in [1.807, 2.05) is 0 Å². The third kappa shape index (κ3) is 6.32. The van der Waals surface area contributed by atoms with Gasteiger partial charge in [-0.2, -0.15) is 13.2 Å². The Balaban J connectivity index is 1.84. The van der Waals surface area contributed by atoms with Crippen molar-refractivity contribution < 1.29 is 32.2 Å². The fourth-order valence-electron chi connectivity index (χ4n) is 2.13. The number of ether oxygens (including phenoxy) is 2. The lowest BCUT2D eigenvalue weighted by Gasteiger charge is -2.16. The van der Waals surface area contributed by atoms with Crippen LogP contribution in [-0.4, -0.2) is 24.6 Å². The number of anilines is 1. The Bertz CT molecular complexity index is 761. The first-order valence-corrected chi connectivity index (χ1v) is 8.15. The van der Waals surface area contributed by atoms with E-state index in [-0.39, 0.29) is 5.69 Å². The Morgan fingerprint density at radius 2 is 1.67 bits per heavy atom. The van der Waals surface area contributed by atoms with Crippen molar-refractivity contribution in [2.45, 2.75) is 25.6 Å². The average molecular weight is 381 g/mol. The van der Waals surface area contributed by atoms with Gasteiger partial charge in [-0.3, -0.25) is 4.79 Å². The molecule has 2 aromatic rings. The third-order valence-electron chi connectivity index (χ3n) is 3.50. The molecule has 5 nitrogen and oxygen atoms in total. The Kier molecular flexibility index (Phi) is 6.81. The summed E-state index contributed by atoms with van der Waals surface area (Å²) in [7, 11) is 0. The lowest BCUT2D eigenvalue weighted by atomic mass is 10.2. The van der Waals surface area contributed by atoms with Crippen LogP contribution < -0.4 is 10.1 Å². The van der Waals surface area contributed by atoms with Crippen molar-refractivity contribution in [1.82, 2.24) is 0 Å². The van der Waals surface area contributed by atoms with E-state index in [2.05, 4.69) is 5.32 Å². The minimum absolute atomic E-state index is 0.164. The molecule has 0 radical (unpaired) electrons. The van der Waals surface area contributed by atoms with E-state index in [0.29, 0.717) is 12.2 Å². The Morgan fingerprint density at radius 3 is 2.22 bits per heavy atom. The molecule has 0 saturated carbocycles. The molecule has 2 aromatic carbocycles. The van der Waals surface area contributed by atoms with Gasteiger partial charge >= 0.3 is 12.1 Å². The molecule has 0 saturated heterocycles. The number of carbonyl (C=O) groups is 2. The third-order valence-corrected chi connectivity index (χ3v) is 3.50. The van der Waals surface area contributed by atoms with Crippen LogP contribution in [0.3, 0.4) is 0 Å². The van der Waals surface area contributed by atoms with Gasteiger partial charge in [0.2, 0.25) is 0 Å². The summed E-state index contributed by atoms with van der Waals surface area (Å²) in [5, 5.41) is 2.36. The number of esters is 1. The summed E-state index contributed by atoms with van der Waals surface area (Å²) in [5.74, 6) is -0.878. The number of amides is 1. The molecule has 0 aliphatic carbocycles. The predicted molar refractivity (Wildman–Crippen MR) is 92.2 cm³/mol. The van der Waals surface area contributed by atoms with Gasteiger partial charge in [0, 0.05) is 5.69 Å². The molecular formula is C19H18F3NO4. The number of para-hydroxylation sites is 1. The van der Waals surface area contributed by atoms with Gasteiger partial charge < -0.3 is 14.8 Å². The Hall–Kier alpha value is -3.03. The summed E-state index contributed by atoms with van der Waals surface area (Å²) in [4.78, 5) is 23.9. The van der Waals surface area contributed by atoms with Gasteiger partial charge in [0.15, 0.2) is 12.7 Å². The SMILES string of the molecule is CC[C@H](Oc1ccccc1)C(=O)OCC(=O)Nc1ccc(C(F)(F)F)cc1. The van der Waals surface area contributed by atoms with E-state index in [4.69, 9.17) is 9.47 Å². The van der Waals surface area contributed by atoms with E-state index >= 15 is 0 Å². The van der Waals surface area contributed by atoms with E-state index in [1.165, 1.54) is 0 Å². The molecule has 2 rings (SSSR count). The number of nitrogens with one attached hydrogen (secondary N) is 1. The maximum Gasteiger partial charge on any atom is 0.416 e. The van der Waals surface area contributed by atoms with Crippen molar-refractivity contribution in [2.75, 3.05) is 11.9 Å². The topological polar surface area (TPSA) is 64.6 Å². The lowest BCUT2D eigenvalue weighted by molar-refractivity contribution is -0.154. The van der Waals surface area contributed by atoms with Crippen LogP contribution in [-0.2, 0) is 20.5 Å². The fraction of sp³-hybridized carbons (Fsp3) is 0.263. The molecule has 0 fully saturated rings. The van der Waals surface area contributed by atoms with Gasteiger partial charge in [-0.15, -0.1) is 0 Å². The second-order valence-corrected chi connectivity index (χ2v) is 5.56. The second kappa shape index (κ2) is 9.07. The van der Waals surface area contributed by atoms with Crippen LogP contribution in [0.15, 0.2) is 54.6 Å². The molecule has 0 aliphatic rings. The zero-order valence-corrected chi connectivity index (χ0v) is 14.5. The highest BCUT2D eigenvalue weighted by molar-refractivity contribution is 5.93. The van der Waals surface area contributed by atoms with E-state index in [9.17, 15) is 22.8 Å². The van der Waals surface area contributed by atoms with Crippen molar-refractivity contribution >= 4 is 17.6 Å². The van der Waals surface area contributed by atoms with E-state index < -0.39 is 36.3 Å². The van der Waals surface area contributed by atoms with Crippen molar-refractivity contribution in [2.24, 2.45) is 0 Å². The fourth-order valence-corrected chi connectivity index (χ4v) is 2.13. The van der Waals surface area contributed by atoms with Gasteiger partial charge in [0.25, 0.3) is 5.91 Å². The number of benzene rings is 2. The molecule has 0 bridgehead atoms. The van der Waals surface area contributed by atoms with Crippen LogP contribution in [0.1, 0.15) is 18.9 Å². The summed E-state index contributed by atoms with van der Waals surface area (Å²) in [6.07, 6.45) is -4.98. The normalized spacial score (nSPS) is 12.1. The maximum atomic E-state index is 12.5. The van der Waals surface area contributed by atoms with Crippen LogP contribution in [0.4, 0.5) is 18.9 Å². The summed E-state index contributed by atoms with van der Waals surface area (Å²) >= 11 is 0. The predicted octanol–water partition coefficient (Wildman–Crippen LogP) is 4.04. The molecule has 0 spiro atoms. The number of carbonyl (C=O) groups excluding carboxylic acids is 2. The highest BCUT2D eigenvalue weighted by atomic mass is 19.4. The summed E-state index contributed by atoms with van der Waals surface area (Å²) in [6, 6.07) is 12.6. The zero-order valence-electron chi connectivity index (χ0n) is 14.5. The number of halogens is 3. The molecule has 0 aliphatic heterocycles.